The van der Waals surface area contributed by atoms with Gasteiger partial charge in [-0.3, -0.25) is 0 Å². The molecule has 0 aromatic heterocycles. The van der Waals surface area contributed by atoms with Crippen LogP contribution in [0.5, 0.6) is 0 Å². The van der Waals surface area contributed by atoms with Gasteiger partial charge in [0.05, 0.1) is 6.61 Å². The molecule has 0 amide bonds. The van der Waals surface area contributed by atoms with Crippen LogP contribution in [0.2, 0.25) is 0 Å². The van der Waals surface area contributed by atoms with Crippen molar-refractivity contribution in [3.05, 3.63) is 29.3 Å². The predicted octanol–water partition coefficient (Wildman–Crippen LogP) is 1.92. The Bertz CT molecular complexity index is 352. The molecule has 1 atom stereocenters. The summed E-state index contributed by atoms with van der Waals surface area (Å²) in [7, 11) is 2.03. The van der Waals surface area contributed by atoms with Crippen molar-refractivity contribution in [2.45, 2.75) is 33.4 Å². The summed E-state index contributed by atoms with van der Waals surface area (Å²) >= 11 is 0. The first-order chi connectivity index (χ1) is 8.10. The largest absolute Gasteiger partial charge is 0.394 e. The summed E-state index contributed by atoms with van der Waals surface area (Å²) < 4.78 is 0. The van der Waals surface area contributed by atoms with E-state index in [-0.39, 0.29) is 12.6 Å². The van der Waals surface area contributed by atoms with Crippen LogP contribution in [0.15, 0.2) is 18.2 Å². The van der Waals surface area contributed by atoms with Crippen molar-refractivity contribution in [1.29, 1.82) is 0 Å². The molecule has 17 heavy (non-hydrogen) atoms. The molecule has 96 valence electrons. The fourth-order valence-electron chi connectivity index (χ4n) is 1.82. The first-order valence-corrected chi connectivity index (χ1v) is 6.24. The van der Waals surface area contributed by atoms with Gasteiger partial charge < -0.3 is 15.3 Å². The third-order valence-electron chi connectivity index (χ3n) is 3.11. The Morgan fingerprint density at radius 3 is 2.71 bits per heavy atom. The van der Waals surface area contributed by atoms with Crippen LogP contribution < -0.4 is 10.2 Å². The average Bonchev–Trinajstić information content (AvgIpc) is 2.34. The van der Waals surface area contributed by atoms with Crippen molar-refractivity contribution in [2.75, 3.05) is 25.1 Å². The Morgan fingerprint density at radius 1 is 1.41 bits per heavy atom. The number of nitrogens with one attached hydrogen (secondary N) is 1. The predicted molar refractivity (Wildman–Crippen MR) is 73.5 cm³/mol. The Labute approximate surface area is 104 Å². The summed E-state index contributed by atoms with van der Waals surface area (Å²) in [6.07, 6.45) is 0. The van der Waals surface area contributed by atoms with E-state index >= 15 is 0 Å². The van der Waals surface area contributed by atoms with E-state index in [1.807, 2.05) is 14.0 Å². The summed E-state index contributed by atoms with van der Waals surface area (Å²) in [5.41, 5.74) is 3.75. The lowest BCUT2D eigenvalue weighted by atomic mass is 10.1. The quantitative estimate of drug-likeness (QED) is 0.792. The third kappa shape index (κ3) is 3.72. The molecule has 0 aliphatic rings. The van der Waals surface area contributed by atoms with Crippen LogP contribution in [0.4, 0.5) is 5.69 Å². The molecule has 0 saturated heterocycles. The Morgan fingerprint density at radius 2 is 2.12 bits per heavy atom. The van der Waals surface area contributed by atoms with Gasteiger partial charge in [0.15, 0.2) is 0 Å². The van der Waals surface area contributed by atoms with Gasteiger partial charge in [0.2, 0.25) is 0 Å². The van der Waals surface area contributed by atoms with E-state index in [1.165, 1.54) is 16.8 Å². The standard InChI is InChI=1S/C14H24N2O/c1-5-15-9-13-8-11(2)6-7-14(13)16(4)12(3)10-17/h6-8,12,15,17H,5,9-10H2,1-4H3. The smallest absolute Gasteiger partial charge is 0.0632 e. The van der Waals surface area contributed by atoms with Crippen molar-refractivity contribution in [3.63, 3.8) is 0 Å². The van der Waals surface area contributed by atoms with E-state index in [1.54, 1.807) is 0 Å². The molecule has 0 bridgehead atoms. The second-order valence-electron chi connectivity index (χ2n) is 4.55. The van der Waals surface area contributed by atoms with Crippen molar-refractivity contribution in [1.82, 2.24) is 5.32 Å². The molecule has 3 nitrogen and oxygen atoms in total. The summed E-state index contributed by atoms with van der Waals surface area (Å²) in [5, 5.41) is 12.6. The number of likely N-dealkylation sites (N-methyl/N-ethyl adjacent to an activating group) is 1. The maximum Gasteiger partial charge on any atom is 0.0632 e. The number of benzene rings is 1. The van der Waals surface area contributed by atoms with Crippen LogP contribution in [0.25, 0.3) is 0 Å². The zero-order valence-electron chi connectivity index (χ0n) is 11.3. The maximum atomic E-state index is 9.23. The number of aliphatic hydroxyl groups excluding tert-OH is 1. The number of rotatable bonds is 6. The molecule has 0 fully saturated rings. The lowest BCUT2D eigenvalue weighted by molar-refractivity contribution is 0.270. The van der Waals surface area contributed by atoms with Gasteiger partial charge in [0, 0.05) is 25.3 Å². The second kappa shape index (κ2) is 6.62. The van der Waals surface area contributed by atoms with Crippen molar-refractivity contribution >= 4 is 5.69 Å². The van der Waals surface area contributed by atoms with Crippen LogP contribution in [0, 0.1) is 6.92 Å². The number of aryl methyl sites for hydroxylation is 1. The fraction of sp³-hybridized carbons (Fsp3) is 0.571. The van der Waals surface area contributed by atoms with Crippen LogP contribution in [-0.4, -0.2) is 31.3 Å². The minimum Gasteiger partial charge on any atom is -0.394 e. The Hall–Kier alpha value is -1.06. The highest BCUT2D eigenvalue weighted by Gasteiger charge is 2.12. The molecule has 1 aromatic rings. The molecule has 0 aliphatic carbocycles. The van der Waals surface area contributed by atoms with Gasteiger partial charge in [-0.05, 0) is 32.0 Å². The van der Waals surface area contributed by atoms with E-state index in [2.05, 4.69) is 42.3 Å². The van der Waals surface area contributed by atoms with Crippen molar-refractivity contribution < 1.29 is 5.11 Å². The molecule has 0 spiro atoms. The van der Waals surface area contributed by atoms with Crippen LogP contribution in [-0.2, 0) is 6.54 Å². The molecule has 3 heteroatoms. The number of anilines is 1. The summed E-state index contributed by atoms with van der Waals surface area (Å²) in [4.78, 5) is 2.13. The zero-order chi connectivity index (χ0) is 12.8. The minimum absolute atomic E-state index is 0.137. The zero-order valence-corrected chi connectivity index (χ0v) is 11.3. The molecular weight excluding hydrogens is 212 g/mol. The Balaban J connectivity index is 2.96. The first-order valence-electron chi connectivity index (χ1n) is 6.24. The third-order valence-corrected chi connectivity index (χ3v) is 3.11. The molecule has 2 N–H and O–H groups in total. The minimum atomic E-state index is 0.137. The summed E-state index contributed by atoms with van der Waals surface area (Å²) in [6.45, 7) is 8.24. The van der Waals surface area contributed by atoms with Gasteiger partial charge in [-0.25, -0.2) is 0 Å². The number of nitrogens with zero attached hydrogens (tertiary/aromatic N) is 1. The monoisotopic (exact) mass is 236 g/mol. The maximum absolute atomic E-state index is 9.23. The van der Waals surface area contributed by atoms with Gasteiger partial charge in [0.1, 0.15) is 0 Å². The van der Waals surface area contributed by atoms with Gasteiger partial charge in [-0.1, -0.05) is 24.6 Å². The number of aliphatic hydroxyl groups is 1. The lowest BCUT2D eigenvalue weighted by Crippen LogP contribution is -2.33. The second-order valence-corrected chi connectivity index (χ2v) is 4.55. The Kier molecular flexibility index (Phi) is 5.45. The molecule has 1 rings (SSSR count). The van der Waals surface area contributed by atoms with E-state index in [0.29, 0.717) is 0 Å². The van der Waals surface area contributed by atoms with Crippen LogP contribution >= 0.6 is 0 Å². The highest BCUT2D eigenvalue weighted by Crippen LogP contribution is 2.22. The molecular formula is C14H24N2O. The SMILES string of the molecule is CCNCc1cc(C)ccc1N(C)C(C)CO. The van der Waals surface area contributed by atoms with Gasteiger partial charge in [0.25, 0.3) is 0 Å². The summed E-state index contributed by atoms with van der Waals surface area (Å²) in [5.74, 6) is 0. The highest BCUT2D eigenvalue weighted by atomic mass is 16.3. The normalized spacial score (nSPS) is 12.5. The first kappa shape index (κ1) is 14.0. The molecule has 0 saturated carbocycles. The molecule has 1 aromatic carbocycles. The van der Waals surface area contributed by atoms with E-state index in [9.17, 15) is 5.11 Å². The van der Waals surface area contributed by atoms with Gasteiger partial charge in [-0.15, -0.1) is 0 Å². The fourth-order valence-corrected chi connectivity index (χ4v) is 1.82. The molecule has 0 radical (unpaired) electrons. The summed E-state index contributed by atoms with van der Waals surface area (Å²) in [6, 6.07) is 6.59. The molecule has 0 aliphatic heterocycles. The highest BCUT2D eigenvalue weighted by molar-refractivity contribution is 5.55. The van der Waals surface area contributed by atoms with Crippen LogP contribution in [0.3, 0.4) is 0 Å². The topological polar surface area (TPSA) is 35.5 Å². The van der Waals surface area contributed by atoms with Crippen LogP contribution in [0.1, 0.15) is 25.0 Å². The lowest BCUT2D eigenvalue weighted by Gasteiger charge is -2.28. The number of hydrogen-bond acceptors (Lipinski definition) is 3. The number of hydrogen-bond donors (Lipinski definition) is 2. The molecule has 0 heterocycles. The van der Waals surface area contributed by atoms with Gasteiger partial charge >= 0.3 is 0 Å². The van der Waals surface area contributed by atoms with Crippen molar-refractivity contribution in [2.24, 2.45) is 0 Å². The average molecular weight is 236 g/mol. The van der Waals surface area contributed by atoms with Gasteiger partial charge in [-0.2, -0.15) is 0 Å². The molecule has 1 unspecified atom stereocenters. The van der Waals surface area contributed by atoms with E-state index in [0.717, 1.165) is 13.1 Å². The van der Waals surface area contributed by atoms with E-state index < -0.39 is 0 Å². The van der Waals surface area contributed by atoms with E-state index in [4.69, 9.17) is 0 Å². The van der Waals surface area contributed by atoms with Crippen molar-refractivity contribution in [3.8, 4) is 0 Å².